The molecule has 6 heteroatoms. The van der Waals surface area contributed by atoms with Gasteiger partial charge in [0.25, 0.3) is 0 Å². The molecule has 108 valence electrons. The van der Waals surface area contributed by atoms with Crippen LogP contribution in [0.2, 0.25) is 5.02 Å². The summed E-state index contributed by atoms with van der Waals surface area (Å²) in [5.74, 6) is 1.02. The van der Waals surface area contributed by atoms with Gasteiger partial charge >= 0.3 is 0 Å². The highest BCUT2D eigenvalue weighted by atomic mass is 35.5. The average molecular weight is 297 g/mol. The third kappa shape index (κ3) is 4.02. The predicted octanol–water partition coefficient (Wildman–Crippen LogP) is 3.02. The molecule has 0 fully saturated rings. The standard InChI is InChI=1S/C14H18ClFN4/c1-10(2)8-20-14(18-9-19-20)7-17-6-11-3-4-13(16)12(15)5-11/h3-5,9-10,17H,6-8H2,1-2H3. The number of nitrogens with zero attached hydrogens (tertiary/aromatic N) is 3. The molecule has 0 aliphatic rings. The second-order valence-corrected chi connectivity index (χ2v) is 5.51. The van der Waals surface area contributed by atoms with Gasteiger partial charge in [-0.05, 0) is 23.6 Å². The van der Waals surface area contributed by atoms with Crippen molar-refractivity contribution in [1.82, 2.24) is 20.1 Å². The molecule has 0 saturated carbocycles. The minimum Gasteiger partial charge on any atom is -0.306 e. The number of nitrogens with one attached hydrogen (secondary N) is 1. The van der Waals surface area contributed by atoms with Gasteiger partial charge in [0, 0.05) is 13.1 Å². The van der Waals surface area contributed by atoms with E-state index in [2.05, 4.69) is 29.2 Å². The van der Waals surface area contributed by atoms with Crippen molar-refractivity contribution >= 4 is 11.6 Å². The molecule has 0 aliphatic carbocycles. The quantitative estimate of drug-likeness (QED) is 0.891. The zero-order chi connectivity index (χ0) is 14.5. The molecule has 0 aliphatic heterocycles. The summed E-state index contributed by atoms with van der Waals surface area (Å²) in [4.78, 5) is 4.24. The fourth-order valence-electron chi connectivity index (χ4n) is 1.89. The normalized spacial score (nSPS) is 11.2. The summed E-state index contributed by atoms with van der Waals surface area (Å²) in [6.07, 6.45) is 1.56. The molecule has 20 heavy (non-hydrogen) atoms. The number of aromatic nitrogens is 3. The van der Waals surface area contributed by atoms with Crippen molar-refractivity contribution < 1.29 is 4.39 Å². The maximum atomic E-state index is 13.0. The van der Waals surface area contributed by atoms with Gasteiger partial charge in [0.15, 0.2) is 0 Å². The molecule has 1 aromatic heterocycles. The summed E-state index contributed by atoms with van der Waals surface area (Å²) in [5.41, 5.74) is 0.936. The Morgan fingerprint density at radius 3 is 2.85 bits per heavy atom. The van der Waals surface area contributed by atoms with Crippen LogP contribution in [0.15, 0.2) is 24.5 Å². The first kappa shape index (κ1) is 14.9. The molecular formula is C14H18ClFN4. The van der Waals surface area contributed by atoms with E-state index >= 15 is 0 Å². The van der Waals surface area contributed by atoms with Gasteiger partial charge in [0.05, 0.1) is 11.6 Å². The van der Waals surface area contributed by atoms with Gasteiger partial charge in [-0.3, -0.25) is 0 Å². The van der Waals surface area contributed by atoms with Crippen molar-refractivity contribution in [2.45, 2.75) is 33.5 Å². The van der Waals surface area contributed by atoms with E-state index in [9.17, 15) is 4.39 Å². The molecule has 2 rings (SSSR count). The lowest BCUT2D eigenvalue weighted by Crippen LogP contribution is -2.18. The molecule has 2 aromatic rings. The minimum atomic E-state index is -0.396. The van der Waals surface area contributed by atoms with E-state index in [1.807, 2.05) is 4.68 Å². The minimum absolute atomic E-state index is 0.146. The van der Waals surface area contributed by atoms with E-state index < -0.39 is 5.82 Å². The Kier molecular flexibility index (Phi) is 5.09. The molecule has 0 spiro atoms. The fraction of sp³-hybridized carbons (Fsp3) is 0.429. The maximum absolute atomic E-state index is 13.0. The summed E-state index contributed by atoms with van der Waals surface area (Å²) in [6, 6.07) is 4.72. The summed E-state index contributed by atoms with van der Waals surface area (Å²) >= 11 is 5.75. The molecule has 4 nitrogen and oxygen atoms in total. The van der Waals surface area contributed by atoms with Crippen molar-refractivity contribution in [2.75, 3.05) is 0 Å². The van der Waals surface area contributed by atoms with E-state index in [1.165, 1.54) is 6.07 Å². The second kappa shape index (κ2) is 6.81. The van der Waals surface area contributed by atoms with Crippen LogP contribution >= 0.6 is 11.6 Å². The van der Waals surface area contributed by atoms with Gasteiger partial charge in [-0.15, -0.1) is 0 Å². The van der Waals surface area contributed by atoms with Crippen LogP contribution in [0.1, 0.15) is 25.2 Å². The lowest BCUT2D eigenvalue weighted by molar-refractivity contribution is 0.457. The predicted molar refractivity (Wildman–Crippen MR) is 76.8 cm³/mol. The van der Waals surface area contributed by atoms with Crippen LogP contribution in [-0.4, -0.2) is 14.8 Å². The Hall–Kier alpha value is -1.46. The van der Waals surface area contributed by atoms with E-state index in [1.54, 1.807) is 18.5 Å². The Labute approximate surface area is 123 Å². The molecular weight excluding hydrogens is 279 g/mol. The fourth-order valence-corrected chi connectivity index (χ4v) is 2.09. The zero-order valence-electron chi connectivity index (χ0n) is 11.6. The Bertz CT molecular complexity index is 568. The Morgan fingerprint density at radius 1 is 1.35 bits per heavy atom. The van der Waals surface area contributed by atoms with Gasteiger partial charge in [0.1, 0.15) is 18.0 Å². The Morgan fingerprint density at radius 2 is 2.15 bits per heavy atom. The molecule has 0 bridgehead atoms. The molecule has 0 unspecified atom stereocenters. The number of halogens is 2. The van der Waals surface area contributed by atoms with Gasteiger partial charge in [-0.2, -0.15) is 5.10 Å². The van der Waals surface area contributed by atoms with Crippen LogP contribution < -0.4 is 5.32 Å². The molecule has 0 amide bonds. The van der Waals surface area contributed by atoms with Crippen LogP contribution in [-0.2, 0) is 19.6 Å². The smallest absolute Gasteiger partial charge is 0.141 e. The largest absolute Gasteiger partial charge is 0.306 e. The summed E-state index contributed by atoms with van der Waals surface area (Å²) in [6.45, 7) is 6.34. The summed E-state index contributed by atoms with van der Waals surface area (Å²) in [5, 5.41) is 7.61. The molecule has 1 heterocycles. The first-order valence-corrected chi connectivity index (χ1v) is 6.95. The monoisotopic (exact) mass is 296 g/mol. The van der Waals surface area contributed by atoms with Gasteiger partial charge in [-0.1, -0.05) is 31.5 Å². The lowest BCUT2D eigenvalue weighted by atomic mass is 10.2. The highest BCUT2D eigenvalue weighted by Gasteiger charge is 2.06. The van der Waals surface area contributed by atoms with Gasteiger partial charge in [-0.25, -0.2) is 14.1 Å². The third-order valence-corrected chi connectivity index (χ3v) is 3.12. The van der Waals surface area contributed by atoms with Gasteiger partial charge in [0.2, 0.25) is 0 Å². The topological polar surface area (TPSA) is 42.7 Å². The highest BCUT2D eigenvalue weighted by Crippen LogP contribution is 2.15. The van der Waals surface area contributed by atoms with Crippen LogP contribution in [0.4, 0.5) is 4.39 Å². The van der Waals surface area contributed by atoms with E-state index in [4.69, 9.17) is 11.6 Å². The highest BCUT2D eigenvalue weighted by molar-refractivity contribution is 6.30. The molecule has 0 atom stereocenters. The first-order chi connectivity index (χ1) is 9.56. The zero-order valence-corrected chi connectivity index (χ0v) is 12.4. The van der Waals surface area contributed by atoms with E-state index in [0.717, 1.165) is 17.9 Å². The second-order valence-electron chi connectivity index (χ2n) is 5.10. The number of hydrogen-bond donors (Lipinski definition) is 1. The van der Waals surface area contributed by atoms with Crippen LogP contribution in [0.5, 0.6) is 0 Å². The van der Waals surface area contributed by atoms with Crippen molar-refractivity contribution in [3.05, 3.63) is 46.8 Å². The number of rotatable bonds is 6. The van der Waals surface area contributed by atoms with E-state index in [-0.39, 0.29) is 5.02 Å². The van der Waals surface area contributed by atoms with Crippen molar-refractivity contribution in [2.24, 2.45) is 5.92 Å². The first-order valence-electron chi connectivity index (χ1n) is 6.57. The maximum Gasteiger partial charge on any atom is 0.141 e. The molecule has 0 radical (unpaired) electrons. The van der Waals surface area contributed by atoms with E-state index in [0.29, 0.717) is 19.0 Å². The molecule has 1 aromatic carbocycles. The van der Waals surface area contributed by atoms with Crippen LogP contribution in [0, 0.1) is 11.7 Å². The molecule has 1 N–H and O–H groups in total. The average Bonchev–Trinajstić information content (AvgIpc) is 2.80. The van der Waals surface area contributed by atoms with Gasteiger partial charge < -0.3 is 5.32 Å². The number of benzene rings is 1. The molecule has 0 saturated heterocycles. The summed E-state index contributed by atoms with van der Waals surface area (Å²) in [7, 11) is 0. The van der Waals surface area contributed by atoms with Crippen molar-refractivity contribution in [3.63, 3.8) is 0 Å². The lowest BCUT2D eigenvalue weighted by Gasteiger charge is -2.09. The summed E-state index contributed by atoms with van der Waals surface area (Å²) < 4.78 is 14.9. The van der Waals surface area contributed by atoms with Crippen molar-refractivity contribution in [1.29, 1.82) is 0 Å². The van der Waals surface area contributed by atoms with Crippen molar-refractivity contribution in [3.8, 4) is 0 Å². The SMILES string of the molecule is CC(C)Cn1ncnc1CNCc1ccc(F)c(Cl)c1. The Balaban J connectivity index is 1.89. The number of hydrogen-bond acceptors (Lipinski definition) is 3. The third-order valence-electron chi connectivity index (χ3n) is 2.83. The van der Waals surface area contributed by atoms with Crippen LogP contribution in [0.25, 0.3) is 0 Å². The van der Waals surface area contributed by atoms with Crippen LogP contribution in [0.3, 0.4) is 0 Å².